The van der Waals surface area contributed by atoms with E-state index in [0.29, 0.717) is 18.2 Å². The van der Waals surface area contributed by atoms with Gasteiger partial charge in [0.25, 0.3) is 12.2 Å². The third-order valence-corrected chi connectivity index (χ3v) is 3.33. The van der Waals surface area contributed by atoms with E-state index < -0.39 is 4.92 Å². The molecule has 2 rings (SSSR count). The lowest BCUT2D eigenvalue weighted by molar-refractivity contribution is -0.385. The monoisotopic (exact) mass is 338 g/mol. The zero-order chi connectivity index (χ0) is 18.3. The fraction of sp³-hybridized carbons (Fsp3) is 0.625. The van der Waals surface area contributed by atoms with Crippen molar-refractivity contribution in [1.82, 2.24) is 10.3 Å². The second-order valence-corrected chi connectivity index (χ2v) is 6.66. The molecule has 24 heavy (non-hydrogen) atoms. The number of anilines is 1. The third-order valence-electron chi connectivity index (χ3n) is 3.33. The maximum Gasteiger partial charge on any atom is 0.293 e. The number of piperazine rings is 1. The molecule has 0 bridgehead atoms. The van der Waals surface area contributed by atoms with Gasteiger partial charge in [0, 0.05) is 31.7 Å². The zero-order valence-electron chi connectivity index (χ0n) is 14.9. The molecule has 1 fully saturated rings. The molecule has 134 valence electrons. The van der Waals surface area contributed by atoms with Crippen LogP contribution in [0.4, 0.5) is 11.5 Å². The second kappa shape index (κ2) is 8.58. The van der Waals surface area contributed by atoms with E-state index in [2.05, 4.69) is 26.9 Å². The van der Waals surface area contributed by atoms with E-state index in [1.807, 2.05) is 20.8 Å². The molecule has 0 radical (unpaired) electrons. The van der Waals surface area contributed by atoms with Gasteiger partial charge in [-0.1, -0.05) is 0 Å². The highest BCUT2D eigenvalue weighted by Gasteiger charge is 2.19. The minimum Gasteiger partial charge on any atom is -0.462 e. The van der Waals surface area contributed by atoms with Crippen LogP contribution in [0.1, 0.15) is 33.4 Å². The normalized spacial score (nSPS) is 17.5. The van der Waals surface area contributed by atoms with E-state index in [9.17, 15) is 14.9 Å². The molecule has 1 aliphatic rings. The summed E-state index contributed by atoms with van der Waals surface area (Å²) in [6, 6.07) is 3.68. The van der Waals surface area contributed by atoms with Gasteiger partial charge in [-0.2, -0.15) is 0 Å². The van der Waals surface area contributed by atoms with Crippen molar-refractivity contribution in [3.05, 3.63) is 27.9 Å². The highest BCUT2D eigenvalue weighted by molar-refractivity contribution is 5.47. The van der Waals surface area contributed by atoms with Crippen molar-refractivity contribution in [3.8, 4) is 0 Å². The number of hydrogen-bond donors (Lipinski definition) is 1. The van der Waals surface area contributed by atoms with Crippen molar-refractivity contribution in [2.24, 2.45) is 0 Å². The molecule has 1 aromatic heterocycles. The third kappa shape index (κ3) is 6.49. The minimum absolute atomic E-state index is 0.0805. The van der Waals surface area contributed by atoms with Crippen molar-refractivity contribution in [3.63, 3.8) is 0 Å². The Morgan fingerprint density at radius 2 is 2.12 bits per heavy atom. The number of aromatic nitrogens is 1. The molecule has 0 unspecified atom stereocenters. The van der Waals surface area contributed by atoms with Gasteiger partial charge in [0.1, 0.15) is 17.1 Å². The van der Waals surface area contributed by atoms with Gasteiger partial charge in [-0.15, -0.1) is 0 Å². The van der Waals surface area contributed by atoms with Crippen LogP contribution < -0.4 is 10.2 Å². The summed E-state index contributed by atoms with van der Waals surface area (Å²) >= 11 is 0. The van der Waals surface area contributed by atoms with Crippen molar-refractivity contribution in [2.45, 2.75) is 46.3 Å². The summed E-state index contributed by atoms with van der Waals surface area (Å²) in [7, 11) is 0. The zero-order valence-corrected chi connectivity index (χ0v) is 14.9. The van der Waals surface area contributed by atoms with Gasteiger partial charge >= 0.3 is 0 Å². The van der Waals surface area contributed by atoms with Gasteiger partial charge in [-0.25, -0.2) is 4.98 Å². The van der Waals surface area contributed by atoms with Gasteiger partial charge < -0.3 is 15.0 Å². The number of rotatable bonds is 3. The molecule has 1 saturated heterocycles. The maximum atomic E-state index is 10.7. The van der Waals surface area contributed by atoms with Crippen LogP contribution in [0.15, 0.2) is 12.1 Å². The van der Waals surface area contributed by atoms with Crippen molar-refractivity contribution < 1.29 is 14.5 Å². The van der Waals surface area contributed by atoms with Crippen LogP contribution in [0.25, 0.3) is 0 Å². The molecular weight excluding hydrogens is 312 g/mol. The molecule has 2 heterocycles. The summed E-state index contributed by atoms with van der Waals surface area (Å²) in [5, 5.41) is 14.1. The van der Waals surface area contributed by atoms with E-state index in [-0.39, 0.29) is 11.3 Å². The lowest BCUT2D eigenvalue weighted by Gasteiger charge is -2.32. The smallest absolute Gasteiger partial charge is 0.293 e. The first-order chi connectivity index (χ1) is 11.1. The summed E-state index contributed by atoms with van der Waals surface area (Å²) in [5.74, 6) is 0.821. The quantitative estimate of drug-likeness (QED) is 0.512. The SMILES string of the molecule is CC(C)(C)OC=O.Cc1nc(N2CCN[C@@H](C)C2)ccc1[N+](=O)[O-]. The first-order valence-corrected chi connectivity index (χ1v) is 7.86. The van der Waals surface area contributed by atoms with Gasteiger partial charge in [-0.05, 0) is 40.7 Å². The predicted molar refractivity (Wildman–Crippen MR) is 92.2 cm³/mol. The fourth-order valence-corrected chi connectivity index (χ4v) is 2.19. The molecule has 1 N–H and O–H groups in total. The van der Waals surface area contributed by atoms with Crippen molar-refractivity contribution >= 4 is 18.0 Å². The van der Waals surface area contributed by atoms with Gasteiger partial charge in [0.05, 0.1) is 4.92 Å². The molecular formula is C16H26N4O4. The summed E-state index contributed by atoms with van der Waals surface area (Å²) in [5.41, 5.74) is 0.234. The number of hydrogen-bond acceptors (Lipinski definition) is 7. The number of carbonyl (C=O) groups excluding carboxylic acids is 1. The van der Waals surface area contributed by atoms with Crippen LogP contribution in [-0.4, -0.2) is 47.7 Å². The highest BCUT2D eigenvalue weighted by atomic mass is 16.6. The molecule has 0 aromatic carbocycles. The Bertz CT molecular complexity index is 572. The van der Waals surface area contributed by atoms with E-state index in [0.717, 1.165) is 25.5 Å². The van der Waals surface area contributed by atoms with E-state index >= 15 is 0 Å². The number of carbonyl (C=O) groups is 1. The topological polar surface area (TPSA) is 97.6 Å². The standard InChI is InChI=1S/C11H16N4O2.C5H10O2/c1-8-7-14(6-5-12-8)11-4-3-10(15(16)17)9(2)13-11;1-5(2,3)7-4-6/h3-4,8,12H,5-7H2,1-2H3;4H,1-3H3/t8-;/m0./s1. The molecule has 1 aliphatic heterocycles. The number of nitrogens with one attached hydrogen (secondary N) is 1. The Morgan fingerprint density at radius 3 is 2.54 bits per heavy atom. The van der Waals surface area contributed by atoms with Crippen molar-refractivity contribution in [2.75, 3.05) is 24.5 Å². The van der Waals surface area contributed by atoms with Crippen molar-refractivity contribution in [1.29, 1.82) is 0 Å². The largest absolute Gasteiger partial charge is 0.462 e. The van der Waals surface area contributed by atoms with Crippen LogP contribution in [0.3, 0.4) is 0 Å². The van der Waals surface area contributed by atoms with Crippen LogP contribution in [-0.2, 0) is 9.53 Å². The highest BCUT2D eigenvalue weighted by Crippen LogP contribution is 2.21. The number of nitrogens with zero attached hydrogens (tertiary/aromatic N) is 3. The van der Waals surface area contributed by atoms with Gasteiger partial charge in [0.2, 0.25) is 0 Å². The number of aryl methyl sites for hydroxylation is 1. The molecule has 0 saturated carbocycles. The Kier molecular flexibility index (Phi) is 7.09. The Morgan fingerprint density at radius 1 is 1.46 bits per heavy atom. The molecule has 0 amide bonds. The molecule has 0 spiro atoms. The number of nitro groups is 1. The summed E-state index contributed by atoms with van der Waals surface area (Å²) < 4.78 is 4.55. The van der Waals surface area contributed by atoms with Crippen LogP contribution in [0.2, 0.25) is 0 Å². The first kappa shape index (κ1) is 19.8. The maximum absolute atomic E-state index is 10.7. The molecule has 8 nitrogen and oxygen atoms in total. The average Bonchev–Trinajstić information content (AvgIpc) is 2.46. The van der Waals surface area contributed by atoms with E-state index in [4.69, 9.17) is 0 Å². The summed E-state index contributed by atoms with van der Waals surface area (Å²) in [4.78, 5) is 26.4. The number of ether oxygens (including phenoxy) is 1. The van der Waals surface area contributed by atoms with Crippen LogP contribution in [0.5, 0.6) is 0 Å². The Balaban J connectivity index is 0.000000351. The minimum atomic E-state index is -0.396. The van der Waals surface area contributed by atoms with Crippen LogP contribution in [0, 0.1) is 17.0 Å². The Labute approximate surface area is 142 Å². The van der Waals surface area contributed by atoms with E-state index in [1.165, 1.54) is 6.07 Å². The summed E-state index contributed by atoms with van der Waals surface area (Å²) in [6.07, 6.45) is 0. The first-order valence-electron chi connectivity index (χ1n) is 7.86. The Hall–Kier alpha value is -2.22. The molecule has 1 aromatic rings. The van der Waals surface area contributed by atoms with Gasteiger partial charge in [0.15, 0.2) is 0 Å². The summed E-state index contributed by atoms with van der Waals surface area (Å²) in [6.45, 7) is 12.4. The predicted octanol–water partition coefficient (Wildman–Crippen LogP) is 2.05. The molecule has 1 atom stereocenters. The van der Waals surface area contributed by atoms with E-state index in [1.54, 1.807) is 13.0 Å². The number of pyridine rings is 1. The average molecular weight is 338 g/mol. The lowest BCUT2D eigenvalue weighted by Crippen LogP contribution is -2.49. The second-order valence-electron chi connectivity index (χ2n) is 6.66. The molecule has 0 aliphatic carbocycles. The molecule has 8 heteroatoms. The van der Waals surface area contributed by atoms with Crippen LogP contribution >= 0.6 is 0 Å². The lowest BCUT2D eigenvalue weighted by atomic mass is 10.2. The van der Waals surface area contributed by atoms with Gasteiger partial charge in [-0.3, -0.25) is 14.9 Å². The fourth-order valence-electron chi connectivity index (χ4n) is 2.19.